The largest absolute Gasteiger partial charge is 0.536 e. The highest BCUT2D eigenvalue weighted by Gasteiger charge is 2.40. The predicted molar refractivity (Wildman–Crippen MR) is 87.3 cm³/mol. The molecule has 0 aliphatic rings. The third-order valence-electron chi connectivity index (χ3n) is 3.01. The van der Waals surface area contributed by atoms with E-state index in [1.54, 1.807) is 27.5 Å². The molecule has 0 bridgehead atoms. The minimum absolute atomic E-state index is 0.546. The molecule has 0 saturated heterocycles. The van der Waals surface area contributed by atoms with E-state index < -0.39 is 8.80 Å². The first-order chi connectivity index (χ1) is 10.1. The highest BCUT2D eigenvalue weighted by Crippen LogP contribution is 2.19. The lowest BCUT2D eigenvalue weighted by Gasteiger charge is -2.24. The minimum Gasteiger partial charge on any atom is -0.380 e. The lowest BCUT2D eigenvalue weighted by Crippen LogP contribution is -2.54. The Balaban J connectivity index is 2.13. The van der Waals surface area contributed by atoms with E-state index in [9.17, 15) is 0 Å². The Bertz CT molecular complexity index is 584. The van der Waals surface area contributed by atoms with Gasteiger partial charge >= 0.3 is 8.80 Å². The normalized spacial score (nSPS) is 11.6. The summed E-state index contributed by atoms with van der Waals surface area (Å²) in [6.45, 7) is 0.662. The second kappa shape index (κ2) is 7.35. The zero-order valence-corrected chi connectivity index (χ0v) is 14.6. The van der Waals surface area contributed by atoms with Crippen LogP contribution in [0.25, 0.3) is 0 Å². The number of aromatic nitrogens is 1. The molecule has 5 nitrogen and oxygen atoms in total. The molecule has 0 spiro atoms. The van der Waals surface area contributed by atoms with Crippen LogP contribution in [0.1, 0.15) is 4.88 Å². The summed E-state index contributed by atoms with van der Waals surface area (Å²) in [6.07, 6.45) is 1.77. The van der Waals surface area contributed by atoms with E-state index in [1.807, 2.05) is 24.3 Å². The van der Waals surface area contributed by atoms with E-state index >= 15 is 0 Å². The second-order valence-corrected chi connectivity index (χ2v) is 8.79. The predicted octanol–water partition coefficient (Wildman–Crippen LogP) is 2.49. The molecule has 8 heteroatoms. The molecule has 0 unspecified atom stereocenters. The van der Waals surface area contributed by atoms with Gasteiger partial charge in [-0.25, -0.2) is 4.98 Å². The highest BCUT2D eigenvalue weighted by atomic mass is 35.5. The number of halogens is 1. The van der Waals surface area contributed by atoms with Gasteiger partial charge in [0.05, 0.1) is 6.54 Å². The molecule has 0 aliphatic heterocycles. The third-order valence-corrected chi connectivity index (χ3v) is 6.76. The zero-order chi connectivity index (χ0) is 15.3. The average molecular weight is 345 g/mol. The van der Waals surface area contributed by atoms with Gasteiger partial charge in [0.1, 0.15) is 0 Å². The standard InChI is InChI=1S/C13H17ClN2O3SSi/c1-17-21(18-2,19-3)12-6-4-5-10(7-12)15-8-11-9-16-13(14)20-11/h4-7,9,15H,8H2,1-3H3. The molecular formula is C13H17ClN2O3SSi. The fourth-order valence-electron chi connectivity index (χ4n) is 1.98. The Morgan fingerprint density at radius 1 is 1.24 bits per heavy atom. The summed E-state index contributed by atoms with van der Waals surface area (Å²) in [4.78, 5) is 5.08. The van der Waals surface area contributed by atoms with E-state index in [0.717, 1.165) is 15.8 Å². The van der Waals surface area contributed by atoms with Gasteiger partial charge in [-0.2, -0.15) is 0 Å². The molecule has 1 aromatic carbocycles. The molecule has 0 radical (unpaired) electrons. The molecule has 21 heavy (non-hydrogen) atoms. The number of nitrogens with zero attached hydrogens (tertiary/aromatic N) is 1. The van der Waals surface area contributed by atoms with Gasteiger partial charge in [-0.1, -0.05) is 23.7 Å². The second-order valence-electron chi connectivity index (χ2n) is 4.18. The lowest BCUT2D eigenvalue weighted by molar-refractivity contribution is 0.140. The van der Waals surface area contributed by atoms with Crippen LogP contribution in [-0.2, 0) is 19.8 Å². The van der Waals surface area contributed by atoms with Crippen molar-refractivity contribution in [3.8, 4) is 0 Å². The van der Waals surface area contributed by atoms with Crippen LogP contribution in [0.3, 0.4) is 0 Å². The first-order valence-electron chi connectivity index (χ1n) is 6.23. The Hall–Kier alpha value is -0.963. The molecule has 2 rings (SSSR count). The van der Waals surface area contributed by atoms with E-state index in [-0.39, 0.29) is 0 Å². The summed E-state index contributed by atoms with van der Waals surface area (Å²) in [7, 11) is 1.99. The Kier molecular flexibility index (Phi) is 5.74. The fourth-order valence-corrected chi connectivity index (χ4v) is 4.74. The molecule has 0 aliphatic carbocycles. The molecular weight excluding hydrogens is 328 g/mol. The van der Waals surface area contributed by atoms with Crippen molar-refractivity contribution in [1.82, 2.24) is 4.98 Å². The van der Waals surface area contributed by atoms with Crippen LogP contribution in [0.2, 0.25) is 4.47 Å². The van der Waals surface area contributed by atoms with Crippen LogP contribution >= 0.6 is 22.9 Å². The van der Waals surface area contributed by atoms with Gasteiger partial charge in [-0.05, 0) is 12.1 Å². The number of thiazole rings is 1. The summed E-state index contributed by atoms with van der Waals surface area (Å²) in [5, 5.41) is 4.23. The van der Waals surface area contributed by atoms with Gasteiger partial charge in [-0.3, -0.25) is 0 Å². The molecule has 0 atom stereocenters. The maximum atomic E-state index is 5.82. The van der Waals surface area contributed by atoms with E-state index in [2.05, 4.69) is 10.3 Å². The van der Waals surface area contributed by atoms with Crippen molar-refractivity contribution < 1.29 is 13.3 Å². The van der Waals surface area contributed by atoms with Crippen molar-refractivity contribution in [1.29, 1.82) is 0 Å². The summed E-state index contributed by atoms with van der Waals surface area (Å²) >= 11 is 7.28. The molecule has 1 heterocycles. The van der Waals surface area contributed by atoms with E-state index in [0.29, 0.717) is 11.0 Å². The minimum atomic E-state index is -2.80. The SMILES string of the molecule is CO[Si](OC)(OC)c1cccc(NCc2cnc(Cl)s2)c1. The first-order valence-corrected chi connectivity index (χ1v) is 9.15. The quantitative estimate of drug-likeness (QED) is 0.782. The molecule has 1 aromatic heterocycles. The maximum Gasteiger partial charge on any atom is 0.536 e. The topological polar surface area (TPSA) is 52.6 Å². The van der Waals surface area contributed by atoms with Crippen molar-refractivity contribution >= 4 is 42.6 Å². The number of anilines is 1. The Labute approximate surface area is 134 Å². The summed E-state index contributed by atoms with van der Waals surface area (Å²) in [6, 6.07) is 7.84. The number of hydrogen-bond donors (Lipinski definition) is 1. The van der Waals surface area contributed by atoms with E-state index in [1.165, 1.54) is 11.3 Å². The van der Waals surface area contributed by atoms with Gasteiger partial charge in [0.2, 0.25) is 0 Å². The molecule has 0 saturated carbocycles. The molecule has 114 valence electrons. The van der Waals surface area contributed by atoms with Crippen molar-refractivity contribution in [2.24, 2.45) is 0 Å². The van der Waals surface area contributed by atoms with Crippen LogP contribution in [0.5, 0.6) is 0 Å². The maximum absolute atomic E-state index is 5.82. The summed E-state index contributed by atoms with van der Waals surface area (Å²) in [5.74, 6) is 0. The van der Waals surface area contributed by atoms with Crippen LogP contribution < -0.4 is 10.5 Å². The van der Waals surface area contributed by atoms with Gasteiger partial charge in [0.15, 0.2) is 4.47 Å². The fraction of sp³-hybridized carbons (Fsp3) is 0.308. The average Bonchev–Trinajstić information content (AvgIpc) is 2.94. The number of benzene rings is 1. The van der Waals surface area contributed by atoms with Crippen molar-refractivity contribution in [2.75, 3.05) is 26.6 Å². The van der Waals surface area contributed by atoms with Gasteiger partial charge < -0.3 is 18.6 Å². The van der Waals surface area contributed by atoms with E-state index in [4.69, 9.17) is 24.9 Å². The smallest absolute Gasteiger partial charge is 0.380 e. The first kappa shape index (κ1) is 16.4. The van der Waals surface area contributed by atoms with Crippen molar-refractivity contribution in [3.63, 3.8) is 0 Å². The monoisotopic (exact) mass is 344 g/mol. The van der Waals surface area contributed by atoms with Crippen LogP contribution in [0, 0.1) is 0 Å². The number of nitrogens with one attached hydrogen (secondary N) is 1. The van der Waals surface area contributed by atoms with Crippen molar-refractivity contribution in [2.45, 2.75) is 6.54 Å². The summed E-state index contributed by atoms with van der Waals surface area (Å²) in [5.41, 5.74) is 0.958. The van der Waals surface area contributed by atoms with Gasteiger partial charge in [0.25, 0.3) is 0 Å². The zero-order valence-electron chi connectivity index (χ0n) is 12.1. The molecule has 0 fully saturated rings. The van der Waals surface area contributed by atoms with Crippen LogP contribution in [0.4, 0.5) is 5.69 Å². The van der Waals surface area contributed by atoms with Gasteiger partial charge in [-0.15, -0.1) is 11.3 Å². The number of hydrogen-bond acceptors (Lipinski definition) is 6. The molecule has 2 aromatic rings. The molecule has 0 amide bonds. The van der Waals surface area contributed by atoms with Crippen LogP contribution in [-0.4, -0.2) is 35.1 Å². The van der Waals surface area contributed by atoms with Gasteiger partial charge in [0, 0.05) is 43.3 Å². The lowest BCUT2D eigenvalue weighted by atomic mass is 10.3. The Morgan fingerprint density at radius 2 is 1.95 bits per heavy atom. The summed E-state index contributed by atoms with van der Waals surface area (Å²) < 4.78 is 17.0. The van der Waals surface area contributed by atoms with Crippen LogP contribution in [0.15, 0.2) is 30.5 Å². The molecule has 1 N–H and O–H groups in total. The van der Waals surface area contributed by atoms with Crippen molar-refractivity contribution in [3.05, 3.63) is 39.8 Å². The number of rotatable bonds is 7. The highest BCUT2D eigenvalue weighted by molar-refractivity contribution is 7.15. The Morgan fingerprint density at radius 3 is 2.52 bits per heavy atom. The third kappa shape index (κ3) is 3.82.